The van der Waals surface area contributed by atoms with Crippen molar-refractivity contribution in [3.8, 4) is 11.5 Å². The molecule has 0 aliphatic heterocycles. The second-order valence-electron chi connectivity index (χ2n) is 9.68. The van der Waals surface area contributed by atoms with Crippen molar-refractivity contribution in [1.82, 2.24) is 10.3 Å². The van der Waals surface area contributed by atoms with Gasteiger partial charge >= 0.3 is 0 Å². The summed E-state index contributed by atoms with van der Waals surface area (Å²) in [7, 11) is 3.02. The number of methoxy groups -OCH3 is 2. The Hall–Kier alpha value is -5.13. The van der Waals surface area contributed by atoms with Gasteiger partial charge in [-0.25, -0.2) is 4.98 Å². The zero-order valence-electron chi connectivity index (χ0n) is 24.7. The van der Waals surface area contributed by atoms with Crippen molar-refractivity contribution in [2.45, 2.75) is 17.1 Å². The van der Waals surface area contributed by atoms with Crippen LogP contribution in [0.3, 0.4) is 0 Å². The van der Waals surface area contributed by atoms with E-state index in [-0.39, 0.29) is 11.6 Å². The quantitative estimate of drug-likeness (QED) is 0.107. The zero-order chi connectivity index (χ0) is 31.8. The molecule has 11 heteroatoms. The molecular formula is C34H30N4O5S2. The topological polar surface area (TPSA) is 119 Å². The maximum Gasteiger partial charge on any atom is 0.272 e. The van der Waals surface area contributed by atoms with Gasteiger partial charge in [-0.15, -0.1) is 11.8 Å². The largest absolute Gasteiger partial charge is 0.493 e. The van der Waals surface area contributed by atoms with Crippen molar-refractivity contribution in [3.05, 3.63) is 114 Å². The SMILES string of the molecule is COc1cccc(/C=C(\NC(=O)c2ccccc2)C(=O)Nc2ccc(SC(C)C(=O)Nc3nc4ccccc4s3)cc2)c1OC. The molecule has 9 nitrogen and oxygen atoms in total. The maximum atomic E-state index is 13.5. The normalized spacial score (nSPS) is 11.8. The molecule has 1 heterocycles. The summed E-state index contributed by atoms with van der Waals surface area (Å²) in [6.45, 7) is 1.82. The number of hydrogen-bond donors (Lipinski definition) is 3. The Balaban J connectivity index is 1.28. The first-order valence-corrected chi connectivity index (χ1v) is 15.6. The van der Waals surface area contributed by atoms with E-state index in [0.717, 1.165) is 15.1 Å². The Kier molecular flexibility index (Phi) is 10.1. The van der Waals surface area contributed by atoms with Gasteiger partial charge in [-0.3, -0.25) is 14.4 Å². The van der Waals surface area contributed by atoms with Gasteiger partial charge in [-0.2, -0.15) is 0 Å². The van der Waals surface area contributed by atoms with Crippen LogP contribution in [0.2, 0.25) is 0 Å². The van der Waals surface area contributed by atoms with Crippen molar-refractivity contribution in [3.63, 3.8) is 0 Å². The average Bonchev–Trinajstić information content (AvgIpc) is 3.47. The number of ether oxygens (including phenoxy) is 2. The van der Waals surface area contributed by atoms with E-state index < -0.39 is 17.1 Å². The van der Waals surface area contributed by atoms with Gasteiger partial charge in [0, 0.05) is 21.7 Å². The molecule has 0 spiro atoms. The fourth-order valence-electron chi connectivity index (χ4n) is 4.33. The molecule has 0 saturated heterocycles. The number of benzene rings is 4. The highest BCUT2D eigenvalue weighted by Crippen LogP contribution is 2.32. The van der Waals surface area contributed by atoms with Crippen molar-refractivity contribution >= 4 is 67.9 Å². The third kappa shape index (κ3) is 7.88. The van der Waals surface area contributed by atoms with Gasteiger partial charge in [0.2, 0.25) is 5.91 Å². The highest BCUT2D eigenvalue weighted by atomic mass is 32.2. The summed E-state index contributed by atoms with van der Waals surface area (Å²) in [6, 6.07) is 28.7. The molecule has 0 radical (unpaired) electrons. The number of amides is 3. The van der Waals surface area contributed by atoms with Crippen molar-refractivity contribution < 1.29 is 23.9 Å². The fraction of sp³-hybridized carbons (Fsp3) is 0.118. The molecule has 0 aliphatic carbocycles. The number of nitrogens with one attached hydrogen (secondary N) is 3. The summed E-state index contributed by atoms with van der Waals surface area (Å²) >= 11 is 2.81. The lowest BCUT2D eigenvalue weighted by Gasteiger charge is -2.14. The minimum atomic E-state index is -0.534. The molecule has 45 heavy (non-hydrogen) atoms. The summed E-state index contributed by atoms with van der Waals surface area (Å²) in [5.41, 5.74) is 2.30. The molecule has 3 N–H and O–H groups in total. The standard InChI is InChI=1S/C34H30N4O5S2/c1-21(31(39)38-34-37-26-13-7-8-15-29(26)45-34)44-25-18-16-24(17-19-25)35-33(41)27(36-32(40)22-10-5-4-6-11-22)20-23-12-9-14-28(42-2)30(23)43-3/h4-21H,1-3H3,(H,35,41)(H,36,40)(H,37,38,39)/b27-20-. The summed E-state index contributed by atoms with van der Waals surface area (Å²) in [5, 5.41) is 8.64. The van der Waals surface area contributed by atoms with E-state index in [2.05, 4.69) is 20.9 Å². The molecule has 0 fully saturated rings. The van der Waals surface area contributed by atoms with Gasteiger partial charge in [0.15, 0.2) is 16.6 Å². The molecular weight excluding hydrogens is 609 g/mol. The van der Waals surface area contributed by atoms with Gasteiger partial charge in [0.25, 0.3) is 11.8 Å². The molecule has 5 rings (SSSR count). The summed E-state index contributed by atoms with van der Waals surface area (Å²) in [5.74, 6) is -0.233. The van der Waals surface area contributed by atoms with Crippen LogP contribution >= 0.6 is 23.1 Å². The lowest BCUT2D eigenvalue weighted by molar-refractivity contribution is -0.115. The van der Waals surface area contributed by atoms with Crippen LogP contribution < -0.4 is 25.4 Å². The van der Waals surface area contributed by atoms with Crippen LogP contribution in [0.4, 0.5) is 10.8 Å². The summed E-state index contributed by atoms with van der Waals surface area (Å²) in [4.78, 5) is 44.7. The van der Waals surface area contributed by atoms with Crippen LogP contribution in [0.15, 0.2) is 108 Å². The Bertz CT molecular complexity index is 1820. The molecule has 3 amide bonds. The Morgan fingerprint density at radius 1 is 0.844 bits per heavy atom. The molecule has 0 bridgehead atoms. The Morgan fingerprint density at radius 2 is 1.58 bits per heavy atom. The number of rotatable bonds is 11. The predicted molar refractivity (Wildman–Crippen MR) is 180 cm³/mol. The van der Waals surface area contributed by atoms with Crippen molar-refractivity contribution in [2.75, 3.05) is 24.9 Å². The fourth-order valence-corrected chi connectivity index (χ4v) is 6.07. The third-order valence-corrected chi connectivity index (χ3v) is 8.64. The number of thioether (sulfide) groups is 1. The second-order valence-corrected chi connectivity index (χ2v) is 12.1. The van der Waals surface area contributed by atoms with E-state index in [1.807, 2.05) is 43.3 Å². The smallest absolute Gasteiger partial charge is 0.272 e. The molecule has 1 unspecified atom stereocenters. The number of anilines is 2. The number of aromatic nitrogens is 1. The van der Waals surface area contributed by atoms with Crippen LogP contribution in [0.25, 0.3) is 16.3 Å². The first-order chi connectivity index (χ1) is 21.8. The van der Waals surface area contributed by atoms with Crippen LogP contribution in [-0.4, -0.2) is 42.2 Å². The number of para-hydroxylation sites is 2. The number of thiazole rings is 1. The van der Waals surface area contributed by atoms with Crippen LogP contribution in [0, 0.1) is 0 Å². The minimum Gasteiger partial charge on any atom is -0.493 e. The first kappa shape index (κ1) is 31.3. The number of carbonyl (C=O) groups excluding carboxylic acids is 3. The molecule has 4 aromatic carbocycles. The molecule has 1 aromatic heterocycles. The molecule has 0 aliphatic rings. The summed E-state index contributed by atoms with van der Waals surface area (Å²) in [6.07, 6.45) is 1.54. The molecule has 228 valence electrons. The number of hydrogen-bond acceptors (Lipinski definition) is 8. The molecule has 5 aromatic rings. The lowest BCUT2D eigenvalue weighted by Crippen LogP contribution is -2.30. The van der Waals surface area contributed by atoms with Crippen molar-refractivity contribution in [1.29, 1.82) is 0 Å². The predicted octanol–water partition coefficient (Wildman–Crippen LogP) is 6.84. The van der Waals surface area contributed by atoms with Crippen LogP contribution in [-0.2, 0) is 9.59 Å². The zero-order valence-corrected chi connectivity index (χ0v) is 26.3. The monoisotopic (exact) mass is 638 g/mol. The highest BCUT2D eigenvalue weighted by Gasteiger charge is 2.19. The first-order valence-electron chi connectivity index (χ1n) is 13.9. The van der Waals surface area contributed by atoms with Crippen molar-refractivity contribution in [2.24, 2.45) is 0 Å². The van der Waals surface area contributed by atoms with Gasteiger partial charge < -0.3 is 25.4 Å². The molecule has 1 atom stereocenters. The number of fused-ring (bicyclic) bond motifs is 1. The van der Waals surface area contributed by atoms with E-state index >= 15 is 0 Å². The van der Waals surface area contributed by atoms with Gasteiger partial charge in [-0.1, -0.05) is 53.8 Å². The third-order valence-electron chi connectivity index (χ3n) is 6.58. The van der Waals surface area contributed by atoms with Gasteiger partial charge in [0.1, 0.15) is 5.70 Å². The highest BCUT2D eigenvalue weighted by molar-refractivity contribution is 8.00. The van der Waals surface area contributed by atoms with E-state index in [9.17, 15) is 14.4 Å². The minimum absolute atomic E-state index is 0.00833. The van der Waals surface area contributed by atoms with E-state index in [0.29, 0.717) is 33.4 Å². The van der Waals surface area contributed by atoms with E-state index in [4.69, 9.17) is 9.47 Å². The lowest BCUT2D eigenvalue weighted by atomic mass is 10.1. The second kappa shape index (κ2) is 14.6. The number of nitrogens with zero attached hydrogens (tertiary/aromatic N) is 1. The van der Waals surface area contributed by atoms with Crippen LogP contribution in [0.1, 0.15) is 22.8 Å². The summed E-state index contributed by atoms with van der Waals surface area (Å²) < 4.78 is 11.9. The Labute approximate surface area is 268 Å². The molecule has 0 saturated carbocycles. The maximum absolute atomic E-state index is 13.5. The van der Waals surface area contributed by atoms with E-state index in [1.165, 1.54) is 43.4 Å². The van der Waals surface area contributed by atoms with E-state index in [1.54, 1.807) is 60.7 Å². The average molecular weight is 639 g/mol. The van der Waals surface area contributed by atoms with Crippen LogP contribution in [0.5, 0.6) is 11.5 Å². The van der Waals surface area contributed by atoms with Gasteiger partial charge in [-0.05, 0) is 67.6 Å². The Morgan fingerprint density at radius 3 is 2.29 bits per heavy atom. The van der Waals surface area contributed by atoms with Gasteiger partial charge in [0.05, 0.1) is 29.7 Å². The number of carbonyl (C=O) groups is 3.